The number of rotatable bonds is 4. The summed E-state index contributed by atoms with van der Waals surface area (Å²) in [5.41, 5.74) is -0.543. The van der Waals surface area contributed by atoms with Gasteiger partial charge in [-0.15, -0.1) is 11.8 Å². The summed E-state index contributed by atoms with van der Waals surface area (Å²) in [6.07, 6.45) is 0. The average molecular weight is 344 g/mol. The van der Waals surface area contributed by atoms with E-state index in [1.807, 2.05) is 37.5 Å². The SMILES string of the molecule is CC1(C)COCCN1C(=O)CSCC(=O)N1CCOCC1(C)C. The van der Waals surface area contributed by atoms with Crippen LogP contribution in [0.2, 0.25) is 0 Å². The number of carbonyl (C=O) groups excluding carboxylic acids is 2. The third-order valence-corrected chi connectivity index (χ3v) is 5.25. The van der Waals surface area contributed by atoms with Crippen molar-refractivity contribution in [2.75, 3.05) is 51.0 Å². The first-order chi connectivity index (χ1) is 10.7. The summed E-state index contributed by atoms with van der Waals surface area (Å²) in [7, 11) is 0. The lowest BCUT2D eigenvalue weighted by atomic mass is 10.0. The van der Waals surface area contributed by atoms with Gasteiger partial charge in [0, 0.05) is 13.1 Å². The van der Waals surface area contributed by atoms with E-state index in [-0.39, 0.29) is 22.9 Å². The molecule has 6 nitrogen and oxygen atoms in total. The third kappa shape index (κ3) is 4.61. The molecule has 0 aliphatic carbocycles. The molecule has 0 bridgehead atoms. The van der Waals surface area contributed by atoms with Crippen molar-refractivity contribution in [2.24, 2.45) is 0 Å². The van der Waals surface area contributed by atoms with Gasteiger partial charge in [0.05, 0.1) is 49.0 Å². The first-order valence-corrected chi connectivity index (χ1v) is 9.24. The Morgan fingerprint density at radius 3 is 1.61 bits per heavy atom. The zero-order chi connectivity index (χ0) is 17.1. The molecule has 2 amide bonds. The standard InChI is InChI=1S/C16H28N2O4S/c1-15(2)11-21-7-5-17(15)13(19)9-23-10-14(20)18-6-8-22-12-16(18,3)4/h5-12H2,1-4H3. The molecule has 2 saturated heterocycles. The van der Waals surface area contributed by atoms with Gasteiger partial charge >= 0.3 is 0 Å². The number of hydrogen-bond donors (Lipinski definition) is 0. The lowest BCUT2D eigenvalue weighted by Crippen LogP contribution is -2.56. The maximum atomic E-state index is 12.4. The Morgan fingerprint density at radius 1 is 0.870 bits per heavy atom. The summed E-state index contributed by atoms with van der Waals surface area (Å²) in [5, 5.41) is 0. The Labute approximate surface area is 142 Å². The highest BCUT2D eigenvalue weighted by Crippen LogP contribution is 2.22. The van der Waals surface area contributed by atoms with E-state index in [0.29, 0.717) is 51.0 Å². The summed E-state index contributed by atoms with van der Waals surface area (Å²) in [4.78, 5) is 28.5. The number of hydrogen-bond acceptors (Lipinski definition) is 5. The van der Waals surface area contributed by atoms with Gasteiger partial charge in [-0.25, -0.2) is 0 Å². The maximum absolute atomic E-state index is 12.4. The number of thioether (sulfide) groups is 1. The van der Waals surface area contributed by atoms with Gasteiger partial charge in [-0.2, -0.15) is 0 Å². The molecule has 2 aliphatic heterocycles. The fraction of sp³-hybridized carbons (Fsp3) is 0.875. The van der Waals surface area contributed by atoms with E-state index < -0.39 is 0 Å². The molecule has 2 aliphatic rings. The normalized spacial score (nSPS) is 23.7. The van der Waals surface area contributed by atoms with Crippen molar-refractivity contribution < 1.29 is 19.1 Å². The number of ether oxygens (including phenoxy) is 2. The molecule has 0 unspecified atom stereocenters. The largest absolute Gasteiger partial charge is 0.377 e. The van der Waals surface area contributed by atoms with Gasteiger partial charge in [-0.1, -0.05) is 0 Å². The molecule has 2 rings (SSSR count). The molecule has 0 atom stereocenters. The van der Waals surface area contributed by atoms with E-state index in [9.17, 15) is 9.59 Å². The van der Waals surface area contributed by atoms with Crippen molar-refractivity contribution in [3.63, 3.8) is 0 Å². The molecule has 0 radical (unpaired) electrons. The predicted octanol–water partition coefficient (Wildman–Crippen LogP) is 0.994. The molecule has 0 aromatic heterocycles. The van der Waals surface area contributed by atoms with Gasteiger partial charge in [0.1, 0.15) is 0 Å². The first-order valence-electron chi connectivity index (χ1n) is 8.08. The van der Waals surface area contributed by atoms with Gasteiger partial charge in [0.25, 0.3) is 0 Å². The lowest BCUT2D eigenvalue weighted by Gasteiger charge is -2.42. The van der Waals surface area contributed by atoms with Crippen LogP contribution in [0.15, 0.2) is 0 Å². The highest BCUT2D eigenvalue weighted by molar-refractivity contribution is 8.00. The summed E-state index contributed by atoms with van der Waals surface area (Å²) >= 11 is 1.39. The summed E-state index contributed by atoms with van der Waals surface area (Å²) in [5.74, 6) is 0.828. The molecule has 23 heavy (non-hydrogen) atoms. The smallest absolute Gasteiger partial charge is 0.233 e. The second-order valence-corrected chi connectivity index (χ2v) is 8.30. The quantitative estimate of drug-likeness (QED) is 0.761. The van der Waals surface area contributed by atoms with E-state index in [2.05, 4.69) is 0 Å². The van der Waals surface area contributed by atoms with Crippen LogP contribution in [0.25, 0.3) is 0 Å². The zero-order valence-electron chi connectivity index (χ0n) is 14.6. The number of amides is 2. The van der Waals surface area contributed by atoms with Gasteiger partial charge in [0.2, 0.25) is 11.8 Å². The molecule has 0 N–H and O–H groups in total. The molecular weight excluding hydrogens is 316 g/mol. The van der Waals surface area contributed by atoms with Gasteiger partial charge in [-0.05, 0) is 27.7 Å². The van der Waals surface area contributed by atoms with E-state index in [1.54, 1.807) is 0 Å². The minimum absolute atomic E-state index is 0.0809. The summed E-state index contributed by atoms with van der Waals surface area (Å²) in [6.45, 7) is 11.6. The second kappa shape index (κ2) is 7.40. The molecule has 0 aromatic carbocycles. The lowest BCUT2D eigenvalue weighted by molar-refractivity contribution is -0.143. The van der Waals surface area contributed by atoms with Crippen molar-refractivity contribution in [3.8, 4) is 0 Å². The van der Waals surface area contributed by atoms with Crippen LogP contribution < -0.4 is 0 Å². The van der Waals surface area contributed by atoms with E-state index in [1.165, 1.54) is 11.8 Å². The molecule has 0 saturated carbocycles. The monoisotopic (exact) mass is 344 g/mol. The Bertz CT molecular complexity index is 413. The van der Waals surface area contributed by atoms with Crippen molar-refractivity contribution in [1.29, 1.82) is 0 Å². The van der Waals surface area contributed by atoms with Crippen molar-refractivity contribution in [2.45, 2.75) is 38.8 Å². The summed E-state index contributed by atoms with van der Waals surface area (Å²) < 4.78 is 10.9. The van der Waals surface area contributed by atoms with E-state index in [0.717, 1.165) is 0 Å². The van der Waals surface area contributed by atoms with Crippen LogP contribution in [0.4, 0.5) is 0 Å². The Kier molecular flexibility index (Phi) is 5.97. The molecule has 132 valence electrons. The molecule has 7 heteroatoms. The Hall–Kier alpha value is -0.790. The minimum Gasteiger partial charge on any atom is -0.377 e. The number of carbonyl (C=O) groups is 2. The highest BCUT2D eigenvalue weighted by atomic mass is 32.2. The summed E-state index contributed by atoms with van der Waals surface area (Å²) in [6, 6.07) is 0. The van der Waals surface area contributed by atoms with Crippen LogP contribution >= 0.6 is 11.8 Å². The highest BCUT2D eigenvalue weighted by Gasteiger charge is 2.35. The Morgan fingerprint density at radius 2 is 1.26 bits per heavy atom. The number of morpholine rings is 2. The van der Waals surface area contributed by atoms with E-state index in [4.69, 9.17) is 9.47 Å². The van der Waals surface area contributed by atoms with Crippen molar-refractivity contribution in [3.05, 3.63) is 0 Å². The molecule has 2 fully saturated rings. The van der Waals surface area contributed by atoms with Gasteiger partial charge < -0.3 is 19.3 Å². The molecule has 0 aromatic rings. The molecular formula is C16H28N2O4S. The maximum Gasteiger partial charge on any atom is 0.233 e. The fourth-order valence-corrected chi connectivity index (χ4v) is 3.79. The molecule has 0 spiro atoms. The van der Waals surface area contributed by atoms with Crippen LogP contribution in [0.5, 0.6) is 0 Å². The third-order valence-electron chi connectivity index (χ3n) is 4.34. The van der Waals surface area contributed by atoms with Gasteiger partial charge in [0.15, 0.2) is 0 Å². The van der Waals surface area contributed by atoms with E-state index >= 15 is 0 Å². The average Bonchev–Trinajstić information content (AvgIpc) is 2.45. The number of nitrogens with zero attached hydrogens (tertiary/aromatic N) is 2. The van der Waals surface area contributed by atoms with Crippen molar-refractivity contribution >= 4 is 23.6 Å². The topological polar surface area (TPSA) is 59.1 Å². The first kappa shape index (κ1) is 18.5. The fourth-order valence-electron chi connectivity index (χ4n) is 3.02. The van der Waals surface area contributed by atoms with Crippen LogP contribution in [0.1, 0.15) is 27.7 Å². The van der Waals surface area contributed by atoms with Crippen LogP contribution in [0, 0.1) is 0 Å². The van der Waals surface area contributed by atoms with Crippen LogP contribution in [-0.2, 0) is 19.1 Å². The minimum atomic E-state index is -0.272. The zero-order valence-corrected chi connectivity index (χ0v) is 15.4. The second-order valence-electron chi connectivity index (χ2n) is 7.31. The predicted molar refractivity (Wildman–Crippen MR) is 90.5 cm³/mol. The molecule has 2 heterocycles. The van der Waals surface area contributed by atoms with Crippen molar-refractivity contribution in [1.82, 2.24) is 9.80 Å². The van der Waals surface area contributed by atoms with Gasteiger partial charge in [-0.3, -0.25) is 9.59 Å². The Balaban J connectivity index is 1.80. The van der Waals surface area contributed by atoms with Crippen LogP contribution in [0.3, 0.4) is 0 Å². The van der Waals surface area contributed by atoms with Crippen LogP contribution in [-0.4, -0.2) is 83.7 Å².